The molecule has 0 spiro atoms. The SMILES string of the molecule is CCc1ccccc1NC(=O)c1ccccc1NC(=O)CCCC(=O)[O-]. The van der Waals surface area contributed by atoms with E-state index in [1.165, 1.54) is 0 Å². The summed E-state index contributed by atoms with van der Waals surface area (Å²) in [5.74, 6) is -1.86. The molecular weight excluding hydrogens is 332 g/mol. The molecule has 2 aromatic carbocycles. The Bertz CT molecular complexity index is 802. The van der Waals surface area contributed by atoms with Gasteiger partial charge in [-0.3, -0.25) is 9.59 Å². The first-order valence-electron chi connectivity index (χ1n) is 8.49. The van der Waals surface area contributed by atoms with Crippen molar-refractivity contribution in [2.75, 3.05) is 10.6 Å². The van der Waals surface area contributed by atoms with Gasteiger partial charge in [0.05, 0.1) is 11.3 Å². The van der Waals surface area contributed by atoms with Crippen LogP contribution >= 0.6 is 0 Å². The lowest BCUT2D eigenvalue weighted by atomic mass is 10.1. The average Bonchev–Trinajstić information content (AvgIpc) is 2.62. The molecule has 2 rings (SSSR count). The summed E-state index contributed by atoms with van der Waals surface area (Å²) >= 11 is 0. The van der Waals surface area contributed by atoms with E-state index in [0.717, 1.165) is 17.7 Å². The molecule has 2 amide bonds. The second-order valence-corrected chi connectivity index (χ2v) is 5.78. The Balaban J connectivity index is 2.09. The number of hydrogen-bond acceptors (Lipinski definition) is 4. The van der Waals surface area contributed by atoms with E-state index in [-0.39, 0.29) is 31.1 Å². The highest BCUT2D eigenvalue weighted by atomic mass is 16.4. The zero-order chi connectivity index (χ0) is 18.9. The van der Waals surface area contributed by atoms with E-state index >= 15 is 0 Å². The number of benzene rings is 2. The molecule has 0 aliphatic heterocycles. The molecule has 0 saturated heterocycles. The third kappa shape index (κ3) is 5.44. The van der Waals surface area contributed by atoms with Crippen LogP contribution in [-0.4, -0.2) is 17.8 Å². The molecule has 0 aliphatic carbocycles. The Kier molecular flexibility index (Phi) is 6.91. The van der Waals surface area contributed by atoms with Crippen LogP contribution in [0.1, 0.15) is 42.1 Å². The molecule has 0 heterocycles. The third-order valence-corrected chi connectivity index (χ3v) is 3.88. The predicted molar refractivity (Wildman–Crippen MR) is 97.7 cm³/mol. The number of carbonyl (C=O) groups excluding carboxylic acids is 3. The van der Waals surface area contributed by atoms with Gasteiger partial charge < -0.3 is 20.5 Å². The minimum atomic E-state index is -1.19. The topological polar surface area (TPSA) is 98.3 Å². The fourth-order valence-corrected chi connectivity index (χ4v) is 2.54. The maximum Gasteiger partial charge on any atom is 0.257 e. The van der Waals surface area contributed by atoms with Crippen LogP contribution in [0.5, 0.6) is 0 Å². The van der Waals surface area contributed by atoms with Crippen molar-refractivity contribution in [3.8, 4) is 0 Å². The van der Waals surface area contributed by atoms with Crippen LogP contribution in [0.15, 0.2) is 48.5 Å². The first-order valence-corrected chi connectivity index (χ1v) is 8.49. The molecule has 0 fully saturated rings. The van der Waals surface area contributed by atoms with E-state index < -0.39 is 5.97 Å². The normalized spacial score (nSPS) is 10.2. The van der Waals surface area contributed by atoms with Gasteiger partial charge in [-0.2, -0.15) is 0 Å². The Morgan fingerprint density at radius 3 is 2.23 bits per heavy atom. The van der Waals surface area contributed by atoms with Crippen molar-refractivity contribution in [1.29, 1.82) is 0 Å². The minimum Gasteiger partial charge on any atom is -0.550 e. The number of carboxylic acids is 1. The Morgan fingerprint density at radius 1 is 0.885 bits per heavy atom. The van der Waals surface area contributed by atoms with Crippen LogP contribution < -0.4 is 15.7 Å². The number of aryl methyl sites for hydroxylation is 1. The minimum absolute atomic E-state index is 0.0442. The van der Waals surface area contributed by atoms with Gasteiger partial charge in [-0.15, -0.1) is 0 Å². The molecule has 136 valence electrons. The number of rotatable bonds is 8. The quantitative estimate of drug-likeness (QED) is 0.761. The number of carbonyl (C=O) groups is 3. The highest BCUT2D eigenvalue weighted by Gasteiger charge is 2.14. The van der Waals surface area contributed by atoms with E-state index in [9.17, 15) is 19.5 Å². The smallest absolute Gasteiger partial charge is 0.257 e. The highest BCUT2D eigenvalue weighted by Crippen LogP contribution is 2.20. The molecule has 0 saturated carbocycles. The molecule has 2 aromatic rings. The molecule has 0 bridgehead atoms. The zero-order valence-corrected chi connectivity index (χ0v) is 14.6. The molecule has 2 N–H and O–H groups in total. The average molecular weight is 353 g/mol. The van der Waals surface area contributed by atoms with Gasteiger partial charge in [0, 0.05) is 18.1 Å². The third-order valence-electron chi connectivity index (χ3n) is 3.88. The number of para-hydroxylation sites is 2. The Hall–Kier alpha value is -3.15. The van der Waals surface area contributed by atoms with Gasteiger partial charge in [-0.25, -0.2) is 0 Å². The summed E-state index contributed by atoms with van der Waals surface area (Å²) < 4.78 is 0. The standard InChI is InChI=1S/C20H22N2O4/c1-2-14-8-3-5-10-16(14)22-20(26)15-9-4-6-11-17(15)21-18(23)12-7-13-19(24)25/h3-6,8-11H,2,7,12-13H2,1H3,(H,21,23)(H,22,26)(H,24,25)/p-1. The van der Waals surface area contributed by atoms with Gasteiger partial charge in [-0.05, 0) is 43.0 Å². The van der Waals surface area contributed by atoms with Gasteiger partial charge in [0.15, 0.2) is 0 Å². The maximum atomic E-state index is 12.6. The summed E-state index contributed by atoms with van der Waals surface area (Å²) in [4.78, 5) is 35.0. The van der Waals surface area contributed by atoms with Crippen LogP contribution in [0.4, 0.5) is 11.4 Å². The first-order chi connectivity index (χ1) is 12.5. The van der Waals surface area contributed by atoms with E-state index in [1.807, 2.05) is 31.2 Å². The van der Waals surface area contributed by atoms with Gasteiger partial charge in [0.2, 0.25) is 5.91 Å². The van der Waals surface area contributed by atoms with E-state index in [4.69, 9.17) is 0 Å². The van der Waals surface area contributed by atoms with Crippen molar-refractivity contribution >= 4 is 29.2 Å². The van der Waals surface area contributed by atoms with Crippen LogP contribution in [0.2, 0.25) is 0 Å². The van der Waals surface area contributed by atoms with Gasteiger partial charge in [0.1, 0.15) is 0 Å². The molecular formula is C20H21N2O4-. The number of nitrogens with one attached hydrogen (secondary N) is 2. The molecule has 6 nitrogen and oxygen atoms in total. The monoisotopic (exact) mass is 353 g/mol. The fourth-order valence-electron chi connectivity index (χ4n) is 2.54. The van der Waals surface area contributed by atoms with Crippen molar-refractivity contribution in [2.24, 2.45) is 0 Å². The lowest BCUT2D eigenvalue weighted by molar-refractivity contribution is -0.305. The van der Waals surface area contributed by atoms with Crippen LogP contribution in [-0.2, 0) is 16.0 Å². The lowest BCUT2D eigenvalue weighted by Gasteiger charge is -2.13. The molecule has 0 atom stereocenters. The maximum absolute atomic E-state index is 12.6. The molecule has 0 unspecified atom stereocenters. The van der Waals surface area contributed by atoms with E-state index in [1.54, 1.807) is 24.3 Å². The van der Waals surface area contributed by atoms with E-state index in [0.29, 0.717) is 11.3 Å². The van der Waals surface area contributed by atoms with Crippen molar-refractivity contribution in [3.63, 3.8) is 0 Å². The van der Waals surface area contributed by atoms with Crippen LogP contribution in [0, 0.1) is 0 Å². The van der Waals surface area contributed by atoms with Crippen LogP contribution in [0.25, 0.3) is 0 Å². The Morgan fingerprint density at radius 2 is 1.54 bits per heavy atom. The van der Waals surface area contributed by atoms with Gasteiger partial charge >= 0.3 is 0 Å². The second-order valence-electron chi connectivity index (χ2n) is 5.78. The van der Waals surface area contributed by atoms with Crippen molar-refractivity contribution < 1.29 is 19.5 Å². The number of carboxylic acid groups (broad SMARTS) is 1. The first kappa shape index (κ1) is 19.2. The number of aliphatic carboxylic acids is 1. The fraction of sp³-hybridized carbons (Fsp3) is 0.250. The summed E-state index contributed by atoms with van der Waals surface area (Å²) in [6, 6.07) is 14.2. The summed E-state index contributed by atoms with van der Waals surface area (Å²) in [7, 11) is 0. The number of anilines is 2. The lowest BCUT2D eigenvalue weighted by Crippen LogP contribution is -2.22. The molecule has 26 heavy (non-hydrogen) atoms. The predicted octanol–water partition coefficient (Wildman–Crippen LogP) is 2.36. The summed E-state index contributed by atoms with van der Waals surface area (Å²) in [6.45, 7) is 2.01. The summed E-state index contributed by atoms with van der Waals surface area (Å²) in [6.07, 6.45) is 0.839. The summed E-state index contributed by atoms with van der Waals surface area (Å²) in [5.41, 5.74) is 2.48. The highest BCUT2D eigenvalue weighted by molar-refractivity contribution is 6.10. The molecule has 0 radical (unpaired) electrons. The number of amides is 2. The van der Waals surface area contributed by atoms with Crippen molar-refractivity contribution in [2.45, 2.75) is 32.6 Å². The molecule has 0 aliphatic rings. The summed E-state index contributed by atoms with van der Waals surface area (Å²) in [5, 5.41) is 16.0. The van der Waals surface area contributed by atoms with E-state index in [2.05, 4.69) is 10.6 Å². The number of hydrogen-bond donors (Lipinski definition) is 2. The second kappa shape index (κ2) is 9.36. The molecule has 0 aromatic heterocycles. The van der Waals surface area contributed by atoms with Crippen LogP contribution in [0.3, 0.4) is 0 Å². The van der Waals surface area contributed by atoms with Gasteiger partial charge in [0.25, 0.3) is 5.91 Å². The van der Waals surface area contributed by atoms with Crippen molar-refractivity contribution in [1.82, 2.24) is 0 Å². The largest absolute Gasteiger partial charge is 0.550 e. The molecule has 6 heteroatoms. The Labute approximate surface area is 152 Å². The van der Waals surface area contributed by atoms with Gasteiger partial charge in [-0.1, -0.05) is 37.3 Å². The van der Waals surface area contributed by atoms with Crippen molar-refractivity contribution in [3.05, 3.63) is 59.7 Å². The zero-order valence-electron chi connectivity index (χ0n) is 14.6.